The van der Waals surface area contributed by atoms with Crippen LogP contribution >= 0.6 is 11.3 Å². The molecule has 0 atom stereocenters. The van der Waals surface area contributed by atoms with E-state index in [1.54, 1.807) is 24.3 Å². The van der Waals surface area contributed by atoms with Gasteiger partial charge in [-0.3, -0.25) is 9.78 Å². The highest BCUT2D eigenvalue weighted by atomic mass is 32.1. The number of nitrogen functional groups attached to an aromatic ring is 1. The Bertz CT molecular complexity index is 1220. The Hall–Kier alpha value is -3.60. The summed E-state index contributed by atoms with van der Waals surface area (Å²) in [4.78, 5) is 34.7. The molecule has 2 amide bonds. The topological polar surface area (TPSA) is 110 Å². The van der Waals surface area contributed by atoms with Crippen LogP contribution in [-0.4, -0.2) is 47.1 Å². The van der Waals surface area contributed by atoms with E-state index in [1.165, 1.54) is 13.2 Å². The normalized spacial score (nSPS) is 17.6. The van der Waals surface area contributed by atoms with Crippen molar-refractivity contribution in [2.75, 3.05) is 25.2 Å². The fraction of sp³-hybridized carbons (Fsp3) is 0.333. The van der Waals surface area contributed by atoms with Gasteiger partial charge < -0.3 is 20.7 Å². The number of carbonyl (C=O) groups is 2. The molecule has 2 aromatic heterocycles. The molecule has 1 aliphatic rings. The molecule has 1 aliphatic carbocycles. The van der Waals surface area contributed by atoms with Gasteiger partial charge in [-0.1, -0.05) is 17.4 Å². The first kappa shape index (κ1) is 24.5. The standard InChI is InChI=1S/C24H25F2N5O3S/c1-31(24(33)34-2)14-8-6-13(7-9-14)15-10-11-28-12-18(15)29-22(32)20-21(27)35-23(30-20)19-16(25)4-3-5-17(19)26/h3-5,10-14H,6-9,27H2,1-2H3,(H,29,32). The Morgan fingerprint density at radius 1 is 1.17 bits per heavy atom. The summed E-state index contributed by atoms with van der Waals surface area (Å²) in [6.07, 6.45) is 6.07. The van der Waals surface area contributed by atoms with Crippen LogP contribution in [0.3, 0.4) is 0 Å². The number of thiazole rings is 1. The molecule has 8 nitrogen and oxygen atoms in total. The lowest BCUT2D eigenvalue weighted by Crippen LogP contribution is -2.39. The Morgan fingerprint density at radius 2 is 1.86 bits per heavy atom. The van der Waals surface area contributed by atoms with Crippen LogP contribution in [0.4, 0.5) is 24.3 Å². The van der Waals surface area contributed by atoms with Crippen LogP contribution in [0.15, 0.2) is 36.7 Å². The molecule has 11 heteroatoms. The van der Waals surface area contributed by atoms with Crippen LogP contribution in [0.1, 0.15) is 47.7 Å². The zero-order valence-electron chi connectivity index (χ0n) is 19.3. The van der Waals surface area contributed by atoms with Crippen molar-refractivity contribution in [3.63, 3.8) is 0 Å². The highest BCUT2D eigenvalue weighted by Crippen LogP contribution is 2.38. The second-order valence-corrected chi connectivity index (χ2v) is 9.36. The van der Waals surface area contributed by atoms with Crippen molar-refractivity contribution in [3.05, 3.63) is 59.6 Å². The summed E-state index contributed by atoms with van der Waals surface area (Å²) >= 11 is 0.842. The predicted octanol–water partition coefficient (Wildman–Crippen LogP) is 5.04. The minimum Gasteiger partial charge on any atom is -0.453 e. The van der Waals surface area contributed by atoms with Gasteiger partial charge in [-0.05, 0) is 55.4 Å². The maximum absolute atomic E-state index is 14.2. The van der Waals surface area contributed by atoms with E-state index < -0.39 is 17.5 Å². The number of pyridine rings is 1. The number of halogens is 2. The lowest BCUT2D eigenvalue weighted by Gasteiger charge is -2.34. The number of methoxy groups -OCH3 is 1. The van der Waals surface area contributed by atoms with Gasteiger partial charge in [-0.15, -0.1) is 0 Å². The van der Waals surface area contributed by atoms with Crippen molar-refractivity contribution in [3.8, 4) is 10.6 Å². The Balaban J connectivity index is 1.51. The van der Waals surface area contributed by atoms with E-state index in [-0.39, 0.29) is 39.3 Å². The van der Waals surface area contributed by atoms with Crippen molar-refractivity contribution in [2.24, 2.45) is 0 Å². The van der Waals surface area contributed by atoms with Gasteiger partial charge in [0.1, 0.15) is 21.6 Å². The van der Waals surface area contributed by atoms with Crippen LogP contribution in [0.2, 0.25) is 0 Å². The molecule has 0 bridgehead atoms. The molecule has 1 fully saturated rings. The van der Waals surface area contributed by atoms with E-state index in [0.29, 0.717) is 5.69 Å². The molecule has 0 spiro atoms. The molecule has 0 radical (unpaired) electrons. The van der Waals surface area contributed by atoms with E-state index >= 15 is 0 Å². The quantitative estimate of drug-likeness (QED) is 0.507. The van der Waals surface area contributed by atoms with Crippen LogP contribution in [0, 0.1) is 11.6 Å². The van der Waals surface area contributed by atoms with Gasteiger partial charge in [0.25, 0.3) is 5.91 Å². The molecule has 0 aliphatic heterocycles. The smallest absolute Gasteiger partial charge is 0.409 e. The number of nitrogens with zero attached hydrogens (tertiary/aromatic N) is 3. The van der Waals surface area contributed by atoms with E-state index in [9.17, 15) is 18.4 Å². The van der Waals surface area contributed by atoms with Gasteiger partial charge >= 0.3 is 6.09 Å². The molecule has 35 heavy (non-hydrogen) atoms. The SMILES string of the molecule is COC(=O)N(C)C1CCC(c2ccncc2NC(=O)c2nc(-c3c(F)cccc3F)sc2N)CC1. The average Bonchev–Trinajstić information content (AvgIpc) is 3.24. The molecule has 4 rings (SSSR count). The lowest BCUT2D eigenvalue weighted by atomic mass is 9.81. The van der Waals surface area contributed by atoms with Gasteiger partial charge in [-0.25, -0.2) is 18.6 Å². The molecule has 2 heterocycles. The first-order valence-corrected chi connectivity index (χ1v) is 11.9. The van der Waals surface area contributed by atoms with Gasteiger partial charge in [0, 0.05) is 19.3 Å². The summed E-state index contributed by atoms with van der Waals surface area (Å²) in [5, 5.41) is 2.85. The highest BCUT2D eigenvalue weighted by molar-refractivity contribution is 7.19. The summed E-state index contributed by atoms with van der Waals surface area (Å²) in [5.41, 5.74) is 7.00. The van der Waals surface area contributed by atoms with Gasteiger partial charge in [0.15, 0.2) is 5.69 Å². The maximum Gasteiger partial charge on any atom is 0.409 e. The number of nitrogens with two attached hydrogens (primary N) is 1. The third kappa shape index (κ3) is 5.09. The Kier molecular flexibility index (Phi) is 7.25. The highest BCUT2D eigenvalue weighted by Gasteiger charge is 2.29. The van der Waals surface area contributed by atoms with E-state index in [1.807, 2.05) is 6.07 Å². The molecule has 3 N–H and O–H groups in total. The summed E-state index contributed by atoms with van der Waals surface area (Å²) < 4.78 is 33.2. The predicted molar refractivity (Wildman–Crippen MR) is 129 cm³/mol. The monoisotopic (exact) mass is 501 g/mol. The minimum absolute atomic E-state index is 0.0114. The van der Waals surface area contributed by atoms with E-state index in [4.69, 9.17) is 10.5 Å². The summed E-state index contributed by atoms with van der Waals surface area (Å²) in [6.45, 7) is 0. The van der Waals surface area contributed by atoms with Crippen molar-refractivity contribution >= 4 is 34.0 Å². The van der Waals surface area contributed by atoms with Crippen molar-refractivity contribution < 1.29 is 23.1 Å². The first-order valence-electron chi connectivity index (χ1n) is 11.1. The molecule has 184 valence electrons. The molecular formula is C24H25F2N5O3S. The number of hydrogen-bond donors (Lipinski definition) is 2. The zero-order valence-corrected chi connectivity index (χ0v) is 20.1. The second-order valence-electron chi connectivity index (χ2n) is 8.33. The molecule has 3 aromatic rings. The number of benzene rings is 1. The third-order valence-electron chi connectivity index (χ3n) is 6.29. The summed E-state index contributed by atoms with van der Waals surface area (Å²) in [6, 6.07) is 5.44. The molecule has 1 saturated carbocycles. The number of rotatable bonds is 5. The Morgan fingerprint density at radius 3 is 2.51 bits per heavy atom. The van der Waals surface area contributed by atoms with Crippen LogP contribution in [-0.2, 0) is 4.74 Å². The fourth-order valence-corrected chi connectivity index (χ4v) is 5.30. The molecule has 0 unspecified atom stereocenters. The third-order valence-corrected chi connectivity index (χ3v) is 7.20. The van der Waals surface area contributed by atoms with Crippen molar-refractivity contribution in [1.29, 1.82) is 0 Å². The number of carbonyl (C=O) groups excluding carboxylic acids is 2. The molecule has 1 aromatic carbocycles. The van der Waals surface area contributed by atoms with Gasteiger partial charge in [-0.2, -0.15) is 0 Å². The zero-order chi connectivity index (χ0) is 25.1. The molecular weight excluding hydrogens is 476 g/mol. The average molecular weight is 502 g/mol. The summed E-state index contributed by atoms with van der Waals surface area (Å²) in [7, 11) is 3.09. The second kappa shape index (κ2) is 10.3. The fourth-order valence-electron chi connectivity index (χ4n) is 4.42. The van der Waals surface area contributed by atoms with Crippen LogP contribution < -0.4 is 11.1 Å². The van der Waals surface area contributed by atoms with Crippen LogP contribution in [0.25, 0.3) is 10.6 Å². The summed E-state index contributed by atoms with van der Waals surface area (Å²) in [5.74, 6) is -2.00. The van der Waals surface area contributed by atoms with Gasteiger partial charge in [0.2, 0.25) is 0 Å². The number of amides is 2. The van der Waals surface area contributed by atoms with E-state index in [2.05, 4.69) is 15.3 Å². The Labute approximate surface area is 205 Å². The van der Waals surface area contributed by atoms with Crippen molar-refractivity contribution in [2.45, 2.75) is 37.6 Å². The lowest BCUT2D eigenvalue weighted by molar-refractivity contribution is 0.102. The largest absolute Gasteiger partial charge is 0.453 e. The molecule has 0 saturated heterocycles. The first-order chi connectivity index (χ1) is 16.8. The number of aromatic nitrogens is 2. The number of hydrogen-bond acceptors (Lipinski definition) is 7. The van der Waals surface area contributed by atoms with Crippen LogP contribution in [0.5, 0.6) is 0 Å². The van der Waals surface area contributed by atoms with Gasteiger partial charge in [0.05, 0.1) is 24.6 Å². The number of anilines is 2. The van der Waals surface area contributed by atoms with Crippen molar-refractivity contribution in [1.82, 2.24) is 14.9 Å². The maximum atomic E-state index is 14.2. The minimum atomic E-state index is -0.784. The van der Waals surface area contributed by atoms with E-state index in [0.717, 1.165) is 54.7 Å². The number of ether oxygens (including phenoxy) is 1. The number of nitrogens with one attached hydrogen (secondary N) is 1.